The number of rotatable bonds is 5. The summed E-state index contributed by atoms with van der Waals surface area (Å²) in [5.41, 5.74) is 4.18. The highest BCUT2D eigenvalue weighted by atomic mass is 79.9. The van der Waals surface area contributed by atoms with Crippen LogP contribution < -0.4 is 10.7 Å². The Morgan fingerprint density at radius 3 is 2.71 bits per heavy atom. The normalized spacial score (nSPS) is 10.6. The van der Waals surface area contributed by atoms with Crippen LogP contribution in [0.1, 0.15) is 5.56 Å². The Bertz CT molecular complexity index is 644. The second-order valence-electron chi connectivity index (χ2n) is 4.21. The third-order valence-electron chi connectivity index (χ3n) is 2.55. The van der Waals surface area contributed by atoms with Gasteiger partial charge in [0.05, 0.1) is 12.8 Å². The largest absolute Gasteiger partial charge is 0.376 e. The second kappa shape index (κ2) is 7.81. The average molecular weight is 367 g/mol. The van der Waals surface area contributed by atoms with Crippen LogP contribution in [-0.2, 0) is 4.79 Å². The predicted octanol–water partition coefficient (Wildman–Crippen LogP) is 3.66. The van der Waals surface area contributed by atoms with E-state index >= 15 is 0 Å². The molecule has 2 aromatic carbocycles. The lowest BCUT2D eigenvalue weighted by Gasteiger charge is -2.05. The number of anilines is 1. The van der Waals surface area contributed by atoms with Crippen LogP contribution in [0.3, 0.4) is 0 Å². The lowest BCUT2D eigenvalue weighted by Crippen LogP contribution is -2.25. The molecule has 2 rings (SSSR count). The molecule has 0 fully saturated rings. The summed E-state index contributed by atoms with van der Waals surface area (Å²) in [6.07, 6.45) is 1.59. The van der Waals surface area contributed by atoms with E-state index < -0.39 is 0 Å². The molecule has 2 N–H and O–H groups in total. The van der Waals surface area contributed by atoms with Gasteiger partial charge in [-0.15, -0.1) is 0 Å². The molecule has 0 unspecified atom stereocenters. The average Bonchev–Trinajstić information content (AvgIpc) is 2.47. The van der Waals surface area contributed by atoms with Crippen LogP contribution in [0.5, 0.6) is 0 Å². The third-order valence-corrected chi connectivity index (χ3v) is 3.29. The van der Waals surface area contributed by atoms with Crippen molar-refractivity contribution in [1.29, 1.82) is 0 Å². The van der Waals surface area contributed by atoms with E-state index in [0.717, 1.165) is 15.7 Å². The molecule has 1 amide bonds. The van der Waals surface area contributed by atoms with Gasteiger partial charge in [0.15, 0.2) is 0 Å². The molecule has 0 saturated heterocycles. The molecule has 108 valence electrons. The van der Waals surface area contributed by atoms with Crippen molar-refractivity contribution in [2.75, 3.05) is 11.9 Å². The van der Waals surface area contributed by atoms with E-state index in [4.69, 9.17) is 11.6 Å². The highest BCUT2D eigenvalue weighted by Crippen LogP contribution is 2.12. The second-order valence-corrected chi connectivity index (χ2v) is 5.56. The van der Waals surface area contributed by atoms with Crippen LogP contribution >= 0.6 is 27.5 Å². The molecule has 0 saturated carbocycles. The minimum atomic E-state index is -0.226. The number of carbonyl (C=O) groups excluding carboxylic acids is 1. The maximum atomic E-state index is 11.6. The number of nitrogens with zero attached hydrogens (tertiary/aromatic N) is 1. The highest BCUT2D eigenvalue weighted by molar-refractivity contribution is 9.10. The van der Waals surface area contributed by atoms with Gasteiger partial charge >= 0.3 is 0 Å². The zero-order valence-corrected chi connectivity index (χ0v) is 13.4. The van der Waals surface area contributed by atoms with Gasteiger partial charge in [-0.25, -0.2) is 5.43 Å². The van der Waals surface area contributed by atoms with E-state index in [1.807, 2.05) is 24.3 Å². The number of nitrogens with one attached hydrogen (secondary N) is 2. The summed E-state index contributed by atoms with van der Waals surface area (Å²) in [6, 6.07) is 14.7. The molecule has 0 aliphatic heterocycles. The number of hydrogen-bond acceptors (Lipinski definition) is 3. The highest BCUT2D eigenvalue weighted by Gasteiger charge is 1.99. The smallest absolute Gasteiger partial charge is 0.259 e. The molecule has 0 aliphatic rings. The van der Waals surface area contributed by atoms with Crippen molar-refractivity contribution >= 4 is 45.3 Å². The van der Waals surface area contributed by atoms with E-state index in [1.165, 1.54) is 0 Å². The van der Waals surface area contributed by atoms with Gasteiger partial charge in [-0.3, -0.25) is 4.79 Å². The van der Waals surface area contributed by atoms with Crippen molar-refractivity contribution < 1.29 is 4.79 Å². The van der Waals surface area contributed by atoms with Crippen LogP contribution in [0, 0.1) is 0 Å². The molecule has 4 nitrogen and oxygen atoms in total. The maximum absolute atomic E-state index is 11.6. The van der Waals surface area contributed by atoms with Gasteiger partial charge in [0.25, 0.3) is 5.91 Å². The Labute approximate surface area is 136 Å². The molecule has 0 heterocycles. The van der Waals surface area contributed by atoms with E-state index in [0.29, 0.717) is 5.02 Å². The lowest BCUT2D eigenvalue weighted by molar-refractivity contribution is -0.119. The van der Waals surface area contributed by atoms with Crippen molar-refractivity contribution in [2.24, 2.45) is 5.10 Å². The molecule has 0 atom stereocenters. The molecular weight excluding hydrogens is 354 g/mol. The fourth-order valence-electron chi connectivity index (χ4n) is 1.56. The number of amides is 1. The fraction of sp³-hybridized carbons (Fsp3) is 0.0667. The molecule has 0 spiro atoms. The molecule has 0 aromatic heterocycles. The monoisotopic (exact) mass is 365 g/mol. The van der Waals surface area contributed by atoms with Gasteiger partial charge in [-0.1, -0.05) is 39.7 Å². The summed E-state index contributed by atoms with van der Waals surface area (Å²) in [7, 11) is 0. The molecule has 21 heavy (non-hydrogen) atoms. The first-order chi connectivity index (χ1) is 10.1. The van der Waals surface area contributed by atoms with Crippen molar-refractivity contribution in [3.63, 3.8) is 0 Å². The summed E-state index contributed by atoms with van der Waals surface area (Å²) in [5.74, 6) is -0.226. The number of halogens is 2. The lowest BCUT2D eigenvalue weighted by atomic mass is 10.2. The number of carbonyl (C=O) groups is 1. The SMILES string of the molecule is O=C(CNc1ccc(Cl)cc1)NN=Cc1cccc(Br)c1. The molecule has 6 heteroatoms. The molecular formula is C15H13BrClN3O. The fourth-order valence-corrected chi connectivity index (χ4v) is 2.10. The van der Waals surface area contributed by atoms with Gasteiger partial charge in [0.2, 0.25) is 0 Å². The summed E-state index contributed by atoms with van der Waals surface area (Å²) in [5, 5.41) is 7.54. The standard InChI is InChI=1S/C15H13BrClN3O/c16-12-3-1-2-11(8-12)9-19-20-15(21)10-18-14-6-4-13(17)5-7-14/h1-9,18H,10H2,(H,20,21). The van der Waals surface area contributed by atoms with E-state index in [9.17, 15) is 4.79 Å². The van der Waals surface area contributed by atoms with Crippen LogP contribution in [0.15, 0.2) is 58.1 Å². The van der Waals surface area contributed by atoms with Crippen molar-refractivity contribution in [3.05, 3.63) is 63.6 Å². The van der Waals surface area contributed by atoms with Gasteiger partial charge in [-0.05, 0) is 42.0 Å². The summed E-state index contributed by atoms with van der Waals surface area (Å²) in [4.78, 5) is 11.6. The van der Waals surface area contributed by atoms with Crippen LogP contribution in [0.4, 0.5) is 5.69 Å². The number of benzene rings is 2. The predicted molar refractivity (Wildman–Crippen MR) is 89.8 cm³/mol. The molecule has 0 radical (unpaired) electrons. The molecule has 0 aliphatic carbocycles. The molecule has 2 aromatic rings. The zero-order valence-electron chi connectivity index (χ0n) is 11.0. The van der Waals surface area contributed by atoms with Crippen LogP contribution in [0.25, 0.3) is 0 Å². The van der Waals surface area contributed by atoms with Gasteiger partial charge in [0.1, 0.15) is 0 Å². The Morgan fingerprint density at radius 1 is 1.24 bits per heavy atom. The van der Waals surface area contributed by atoms with Crippen LogP contribution in [0.2, 0.25) is 5.02 Å². The Hall–Kier alpha value is -1.85. The first kappa shape index (κ1) is 15.5. The summed E-state index contributed by atoms with van der Waals surface area (Å²) in [6.45, 7) is 0.136. The van der Waals surface area contributed by atoms with Gasteiger partial charge in [-0.2, -0.15) is 5.10 Å². The van der Waals surface area contributed by atoms with Crippen molar-refractivity contribution in [3.8, 4) is 0 Å². The summed E-state index contributed by atoms with van der Waals surface area (Å²) < 4.78 is 0.960. The molecule has 0 bridgehead atoms. The zero-order chi connectivity index (χ0) is 15.1. The maximum Gasteiger partial charge on any atom is 0.259 e. The van der Waals surface area contributed by atoms with Gasteiger partial charge < -0.3 is 5.32 Å². The van der Waals surface area contributed by atoms with E-state index in [2.05, 4.69) is 31.8 Å². The summed E-state index contributed by atoms with van der Waals surface area (Å²) >= 11 is 9.15. The number of hydrogen-bond donors (Lipinski definition) is 2. The topological polar surface area (TPSA) is 53.5 Å². The van der Waals surface area contributed by atoms with Crippen molar-refractivity contribution in [2.45, 2.75) is 0 Å². The first-order valence-electron chi connectivity index (χ1n) is 6.20. The Morgan fingerprint density at radius 2 is 2.00 bits per heavy atom. The first-order valence-corrected chi connectivity index (χ1v) is 7.37. The number of hydrazone groups is 1. The third kappa shape index (κ3) is 5.57. The van der Waals surface area contributed by atoms with E-state index in [1.54, 1.807) is 30.5 Å². The quantitative estimate of drug-likeness (QED) is 0.627. The minimum absolute atomic E-state index is 0.136. The van der Waals surface area contributed by atoms with Crippen LogP contribution in [-0.4, -0.2) is 18.7 Å². The Kier molecular flexibility index (Phi) is 5.78. The van der Waals surface area contributed by atoms with E-state index in [-0.39, 0.29) is 12.5 Å². The van der Waals surface area contributed by atoms with Gasteiger partial charge in [0, 0.05) is 15.2 Å². The Balaban J connectivity index is 1.78. The van der Waals surface area contributed by atoms with Crippen molar-refractivity contribution in [1.82, 2.24) is 5.43 Å². The minimum Gasteiger partial charge on any atom is -0.376 e.